The maximum absolute atomic E-state index is 13.1. The molecule has 0 saturated carbocycles. The molecule has 0 aliphatic carbocycles. The number of halogens is 2. The van der Waals surface area contributed by atoms with Crippen LogP contribution in [0.1, 0.15) is 28.8 Å². The number of sulfonamides is 1. The van der Waals surface area contributed by atoms with Crippen molar-refractivity contribution in [2.24, 2.45) is 5.92 Å². The van der Waals surface area contributed by atoms with Gasteiger partial charge in [-0.1, -0.05) is 40.2 Å². The van der Waals surface area contributed by atoms with Crippen LogP contribution in [0.2, 0.25) is 0 Å². The largest absolute Gasteiger partial charge is 0.325 e. The molecule has 3 aromatic carbocycles. The lowest BCUT2D eigenvalue weighted by Gasteiger charge is -2.31. The Hall–Kier alpha value is -2.53. The zero-order valence-electron chi connectivity index (χ0n) is 19.5. The Bertz CT molecular complexity index is 1400. The van der Waals surface area contributed by atoms with Crippen LogP contribution >= 0.6 is 31.9 Å². The lowest BCUT2D eigenvalue weighted by atomic mass is 9.97. The van der Waals surface area contributed by atoms with Gasteiger partial charge >= 0.3 is 0 Å². The van der Waals surface area contributed by atoms with Crippen molar-refractivity contribution in [1.29, 1.82) is 0 Å². The molecule has 188 valence electrons. The summed E-state index contributed by atoms with van der Waals surface area (Å²) in [6.45, 7) is 2.40. The molecule has 36 heavy (non-hydrogen) atoms. The maximum atomic E-state index is 13.1. The molecular formula is C26H25Br2N3O4S. The lowest BCUT2D eigenvalue weighted by Crippen LogP contribution is -2.41. The summed E-state index contributed by atoms with van der Waals surface area (Å²) < 4.78 is 28.9. The number of piperidine rings is 1. The second-order valence-electron chi connectivity index (χ2n) is 8.61. The number of nitrogens with one attached hydrogen (secondary N) is 2. The van der Waals surface area contributed by atoms with Gasteiger partial charge in [-0.05, 0) is 83.7 Å². The van der Waals surface area contributed by atoms with E-state index in [0.29, 0.717) is 38.7 Å². The number of benzene rings is 3. The van der Waals surface area contributed by atoms with Crippen LogP contribution in [0, 0.1) is 12.8 Å². The zero-order valence-corrected chi connectivity index (χ0v) is 23.5. The highest BCUT2D eigenvalue weighted by Gasteiger charge is 2.33. The molecule has 0 radical (unpaired) electrons. The molecule has 7 nitrogen and oxygen atoms in total. The first-order valence-electron chi connectivity index (χ1n) is 11.4. The van der Waals surface area contributed by atoms with Crippen LogP contribution in [-0.2, 0) is 14.8 Å². The zero-order chi connectivity index (χ0) is 25.9. The van der Waals surface area contributed by atoms with E-state index in [0.717, 1.165) is 5.56 Å². The van der Waals surface area contributed by atoms with Crippen molar-refractivity contribution in [3.63, 3.8) is 0 Å². The van der Waals surface area contributed by atoms with Gasteiger partial charge in [-0.3, -0.25) is 9.59 Å². The van der Waals surface area contributed by atoms with Crippen molar-refractivity contribution >= 4 is 65.1 Å². The molecule has 1 heterocycles. The normalized spacial score (nSPS) is 14.9. The Morgan fingerprint density at radius 1 is 0.917 bits per heavy atom. The van der Waals surface area contributed by atoms with Crippen LogP contribution in [-0.4, -0.2) is 37.6 Å². The number of amides is 2. The Morgan fingerprint density at radius 3 is 2.36 bits per heavy atom. The Morgan fingerprint density at radius 2 is 1.64 bits per heavy atom. The molecule has 0 unspecified atom stereocenters. The predicted octanol–water partition coefficient (Wildman–Crippen LogP) is 5.81. The monoisotopic (exact) mass is 633 g/mol. The lowest BCUT2D eigenvalue weighted by molar-refractivity contribution is -0.120. The number of nitrogens with zero attached hydrogens (tertiary/aromatic N) is 1. The van der Waals surface area contributed by atoms with E-state index >= 15 is 0 Å². The molecule has 0 atom stereocenters. The van der Waals surface area contributed by atoms with Crippen molar-refractivity contribution in [2.45, 2.75) is 24.7 Å². The highest BCUT2D eigenvalue weighted by Crippen LogP contribution is 2.31. The average Bonchev–Trinajstić information content (AvgIpc) is 2.86. The van der Waals surface area contributed by atoms with Gasteiger partial charge in [0.2, 0.25) is 15.9 Å². The molecule has 10 heteroatoms. The Balaban J connectivity index is 1.41. The number of anilines is 2. The van der Waals surface area contributed by atoms with Crippen molar-refractivity contribution in [3.8, 4) is 0 Å². The van der Waals surface area contributed by atoms with Crippen LogP contribution in [0.5, 0.6) is 0 Å². The highest BCUT2D eigenvalue weighted by molar-refractivity contribution is 9.11. The minimum Gasteiger partial charge on any atom is -0.325 e. The summed E-state index contributed by atoms with van der Waals surface area (Å²) in [5.41, 5.74) is 2.47. The summed E-state index contributed by atoms with van der Waals surface area (Å²) in [6, 6.07) is 19.3. The second kappa shape index (κ2) is 11.2. The summed E-state index contributed by atoms with van der Waals surface area (Å²) in [5, 5.41) is 5.75. The first-order chi connectivity index (χ1) is 17.1. The van der Waals surface area contributed by atoms with E-state index in [1.807, 2.05) is 25.1 Å². The van der Waals surface area contributed by atoms with E-state index in [-0.39, 0.29) is 35.7 Å². The molecule has 1 aliphatic heterocycles. The van der Waals surface area contributed by atoms with Gasteiger partial charge in [-0.2, -0.15) is 4.31 Å². The fourth-order valence-corrected chi connectivity index (χ4v) is 7.05. The van der Waals surface area contributed by atoms with E-state index < -0.39 is 10.0 Å². The standard InChI is InChI=1S/C26H25Br2N3O4S/c1-17-5-4-6-20(15-17)29-26(33)21-7-2-3-8-23(21)30-25(32)18-11-13-31(14-12-18)36(34,35)24-16-19(27)9-10-22(24)28/h2-10,15-16,18H,11-14H2,1H3,(H,29,33)(H,30,32). The summed E-state index contributed by atoms with van der Waals surface area (Å²) in [4.78, 5) is 26.1. The van der Waals surface area contributed by atoms with Crippen LogP contribution in [0.15, 0.2) is 80.6 Å². The van der Waals surface area contributed by atoms with E-state index in [2.05, 4.69) is 42.5 Å². The third kappa shape index (κ3) is 6.05. The number of hydrogen-bond acceptors (Lipinski definition) is 4. The number of hydrogen-bond donors (Lipinski definition) is 2. The molecule has 2 N–H and O–H groups in total. The fraction of sp³-hybridized carbons (Fsp3) is 0.231. The van der Waals surface area contributed by atoms with Gasteiger partial charge in [0, 0.05) is 33.6 Å². The van der Waals surface area contributed by atoms with Gasteiger partial charge in [-0.15, -0.1) is 0 Å². The Kier molecular flexibility index (Phi) is 8.29. The number of carbonyl (C=O) groups is 2. The number of para-hydroxylation sites is 1. The SMILES string of the molecule is Cc1cccc(NC(=O)c2ccccc2NC(=O)C2CCN(S(=O)(=O)c3cc(Br)ccc3Br)CC2)c1. The number of rotatable bonds is 6. The van der Waals surface area contributed by atoms with E-state index in [4.69, 9.17) is 0 Å². The number of aryl methyl sites for hydroxylation is 1. The molecule has 0 spiro atoms. The molecular weight excluding hydrogens is 610 g/mol. The van der Waals surface area contributed by atoms with Gasteiger partial charge in [0.25, 0.3) is 5.91 Å². The van der Waals surface area contributed by atoms with E-state index in [9.17, 15) is 18.0 Å². The van der Waals surface area contributed by atoms with Gasteiger partial charge in [-0.25, -0.2) is 8.42 Å². The Labute approximate surface area is 227 Å². The molecule has 4 rings (SSSR count). The predicted molar refractivity (Wildman–Crippen MR) is 148 cm³/mol. The maximum Gasteiger partial charge on any atom is 0.257 e. The van der Waals surface area contributed by atoms with Gasteiger partial charge in [0.1, 0.15) is 0 Å². The number of carbonyl (C=O) groups excluding carboxylic acids is 2. The van der Waals surface area contributed by atoms with Crippen molar-refractivity contribution < 1.29 is 18.0 Å². The molecule has 3 aromatic rings. The van der Waals surface area contributed by atoms with Gasteiger partial charge in [0.15, 0.2) is 0 Å². The fourth-order valence-electron chi connectivity index (χ4n) is 4.12. The first kappa shape index (κ1) is 26.5. The van der Waals surface area contributed by atoms with E-state index in [1.165, 1.54) is 4.31 Å². The molecule has 1 aliphatic rings. The molecule has 0 aromatic heterocycles. The van der Waals surface area contributed by atoms with Crippen LogP contribution in [0.25, 0.3) is 0 Å². The van der Waals surface area contributed by atoms with E-state index in [1.54, 1.807) is 48.5 Å². The third-order valence-electron chi connectivity index (χ3n) is 6.04. The van der Waals surface area contributed by atoms with Gasteiger partial charge in [0.05, 0.1) is 16.1 Å². The first-order valence-corrected chi connectivity index (χ1v) is 14.4. The summed E-state index contributed by atoms with van der Waals surface area (Å²) in [6.07, 6.45) is 0.767. The average molecular weight is 635 g/mol. The molecule has 1 fully saturated rings. The molecule has 2 amide bonds. The van der Waals surface area contributed by atoms with Crippen molar-refractivity contribution in [3.05, 3.63) is 86.8 Å². The summed E-state index contributed by atoms with van der Waals surface area (Å²) in [5.74, 6) is -0.918. The quantitative estimate of drug-likeness (QED) is 0.358. The minimum absolute atomic E-state index is 0.188. The van der Waals surface area contributed by atoms with Crippen molar-refractivity contribution in [1.82, 2.24) is 4.31 Å². The highest BCUT2D eigenvalue weighted by atomic mass is 79.9. The summed E-state index contributed by atoms with van der Waals surface area (Å²) >= 11 is 6.65. The topological polar surface area (TPSA) is 95.6 Å². The van der Waals surface area contributed by atoms with Crippen LogP contribution in [0.4, 0.5) is 11.4 Å². The summed E-state index contributed by atoms with van der Waals surface area (Å²) in [7, 11) is -3.70. The third-order valence-corrected chi connectivity index (χ3v) is 9.43. The smallest absolute Gasteiger partial charge is 0.257 e. The van der Waals surface area contributed by atoms with Gasteiger partial charge < -0.3 is 10.6 Å². The molecule has 0 bridgehead atoms. The molecule has 1 saturated heterocycles. The van der Waals surface area contributed by atoms with Crippen LogP contribution < -0.4 is 10.6 Å². The van der Waals surface area contributed by atoms with Crippen molar-refractivity contribution in [2.75, 3.05) is 23.7 Å². The second-order valence-corrected chi connectivity index (χ2v) is 12.3. The van der Waals surface area contributed by atoms with Crippen LogP contribution in [0.3, 0.4) is 0 Å². The minimum atomic E-state index is -3.70.